The Kier molecular flexibility index (Phi) is 5.41. The molecule has 0 spiro atoms. The van der Waals surface area contributed by atoms with Gasteiger partial charge in [0.25, 0.3) is 0 Å². The van der Waals surface area contributed by atoms with Gasteiger partial charge in [0, 0.05) is 14.1 Å². The summed E-state index contributed by atoms with van der Waals surface area (Å²) in [6.45, 7) is 13.1. The third-order valence-corrected chi connectivity index (χ3v) is 4.95. The van der Waals surface area contributed by atoms with Crippen molar-refractivity contribution in [2.45, 2.75) is 45.6 Å². The Balaban J connectivity index is 2.36. The Hall–Kier alpha value is -0.603. The molecule has 1 aromatic rings. The van der Waals surface area contributed by atoms with E-state index in [0.717, 1.165) is 12.5 Å². The second-order valence-corrected chi connectivity index (χ2v) is 11.9. The van der Waals surface area contributed by atoms with Gasteiger partial charge in [-0.15, -0.1) is 0 Å². The minimum absolute atomic E-state index is 0.459. The van der Waals surface area contributed by atoms with Gasteiger partial charge in [0.2, 0.25) is 0 Å². The zero-order valence-electron chi connectivity index (χ0n) is 12.0. The fourth-order valence-corrected chi connectivity index (χ4v) is 4.59. The number of rotatable bonds is 6. The standard InChI is InChI=1S/C15H27NSi/c1-13(12-17(3,4)5)11-16-14(2)15-9-7-6-8-10-15/h6-10,13-14,16H,11-12H2,1-5H3/t13?,14-/m1/s1. The smallest absolute Gasteiger partial charge is 0.0445 e. The first kappa shape index (κ1) is 14.5. The molecular formula is C15H27NSi. The molecule has 0 aliphatic carbocycles. The normalized spacial score (nSPS) is 15.6. The first-order chi connectivity index (χ1) is 7.88. The van der Waals surface area contributed by atoms with E-state index >= 15 is 0 Å². The van der Waals surface area contributed by atoms with Crippen molar-refractivity contribution in [2.24, 2.45) is 5.92 Å². The summed E-state index contributed by atoms with van der Waals surface area (Å²) in [6.07, 6.45) is 0. The highest BCUT2D eigenvalue weighted by Gasteiger charge is 2.17. The summed E-state index contributed by atoms with van der Waals surface area (Å²) in [4.78, 5) is 0. The summed E-state index contributed by atoms with van der Waals surface area (Å²) >= 11 is 0. The molecule has 2 atom stereocenters. The van der Waals surface area contributed by atoms with E-state index < -0.39 is 8.07 Å². The summed E-state index contributed by atoms with van der Waals surface area (Å²) < 4.78 is 0. The van der Waals surface area contributed by atoms with Gasteiger partial charge in [-0.3, -0.25) is 0 Å². The van der Waals surface area contributed by atoms with Crippen LogP contribution < -0.4 is 5.32 Å². The first-order valence-electron chi connectivity index (χ1n) is 6.67. The van der Waals surface area contributed by atoms with Crippen LogP contribution in [0.5, 0.6) is 0 Å². The van der Waals surface area contributed by atoms with Gasteiger partial charge in [0.15, 0.2) is 0 Å². The average molecular weight is 249 g/mol. The molecule has 0 aliphatic heterocycles. The maximum absolute atomic E-state index is 3.64. The van der Waals surface area contributed by atoms with Crippen LogP contribution in [-0.4, -0.2) is 14.6 Å². The molecular weight excluding hydrogens is 222 g/mol. The summed E-state index contributed by atoms with van der Waals surface area (Å²) in [7, 11) is -0.912. The monoisotopic (exact) mass is 249 g/mol. The quantitative estimate of drug-likeness (QED) is 0.741. The van der Waals surface area contributed by atoms with Gasteiger partial charge < -0.3 is 5.32 Å². The third kappa shape index (κ3) is 6.04. The van der Waals surface area contributed by atoms with Crippen molar-refractivity contribution in [2.75, 3.05) is 6.54 Å². The molecule has 0 bridgehead atoms. The average Bonchev–Trinajstić information content (AvgIpc) is 2.25. The van der Waals surface area contributed by atoms with Crippen LogP contribution in [0.2, 0.25) is 25.7 Å². The second kappa shape index (κ2) is 6.36. The predicted octanol–water partition coefficient (Wildman–Crippen LogP) is 4.31. The lowest BCUT2D eigenvalue weighted by atomic mass is 10.1. The number of hydrogen-bond donors (Lipinski definition) is 1. The Morgan fingerprint density at radius 2 is 1.65 bits per heavy atom. The van der Waals surface area contributed by atoms with Crippen LogP contribution in [0.1, 0.15) is 25.5 Å². The molecule has 0 radical (unpaired) electrons. The highest BCUT2D eigenvalue weighted by Crippen LogP contribution is 2.17. The first-order valence-corrected chi connectivity index (χ1v) is 10.4. The van der Waals surface area contributed by atoms with Crippen molar-refractivity contribution in [3.8, 4) is 0 Å². The molecule has 0 fully saturated rings. The van der Waals surface area contributed by atoms with E-state index in [-0.39, 0.29) is 0 Å². The SMILES string of the molecule is CC(CN[C@H](C)c1ccccc1)C[Si](C)(C)C. The van der Waals surface area contributed by atoms with Gasteiger partial charge in [-0.2, -0.15) is 0 Å². The van der Waals surface area contributed by atoms with E-state index in [9.17, 15) is 0 Å². The van der Waals surface area contributed by atoms with Gasteiger partial charge in [0.05, 0.1) is 0 Å². The van der Waals surface area contributed by atoms with Crippen LogP contribution in [0.3, 0.4) is 0 Å². The summed E-state index contributed by atoms with van der Waals surface area (Å²) in [5, 5.41) is 3.64. The number of hydrogen-bond acceptors (Lipinski definition) is 1. The summed E-state index contributed by atoms with van der Waals surface area (Å²) in [5.41, 5.74) is 1.38. The van der Waals surface area contributed by atoms with Crippen LogP contribution >= 0.6 is 0 Å². The molecule has 17 heavy (non-hydrogen) atoms. The highest BCUT2D eigenvalue weighted by atomic mass is 28.3. The van der Waals surface area contributed by atoms with E-state index in [1.54, 1.807) is 0 Å². The van der Waals surface area contributed by atoms with Crippen molar-refractivity contribution in [1.29, 1.82) is 0 Å². The lowest BCUT2D eigenvalue weighted by molar-refractivity contribution is 0.493. The van der Waals surface area contributed by atoms with Crippen LogP contribution in [0, 0.1) is 5.92 Å². The lowest BCUT2D eigenvalue weighted by Crippen LogP contribution is -2.30. The molecule has 0 saturated heterocycles. The van der Waals surface area contributed by atoms with Gasteiger partial charge >= 0.3 is 0 Å². The fraction of sp³-hybridized carbons (Fsp3) is 0.600. The minimum atomic E-state index is -0.912. The maximum atomic E-state index is 3.64. The molecule has 0 aliphatic rings. The van der Waals surface area contributed by atoms with Crippen molar-refractivity contribution < 1.29 is 0 Å². The van der Waals surface area contributed by atoms with Gasteiger partial charge in [-0.05, 0) is 24.9 Å². The zero-order chi connectivity index (χ0) is 12.9. The molecule has 1 aromatic carbocycles. The molecule has 1 nitrogen and oxygen atoms in total. The number of benzene rings is 1. The van der Waals surface area contributed by atoms with E-state index in [0.29, 0.717) is 6.04 Å². The van der Waals surface area contributed by atoms with E-state index in [1.807, 2.05) is 0 Å². The second-order valence-electron chi connectivity index (χ2n) is 6.41. The molecule has 1 unspecified atom stereocenters. The summed E-state index contributed by atoms with van der Waals surface area (Å²) in [5.74, 6) is 0.785. The van der Waals surface area contributed by atoms with Crippen molar-refractivity contribution in [3.05, 3.63) is 35.9 Å². The Bertz CT molecular complexity index is 315. The summed E-state index contributed by atoms with van der Waals surface area (Å²) in [6, 6.07) is 12.5. The lowest BCUT2D eigenvalue weighted by Gasteiger charge is -2.23. The molecule has 2 heteroatoms. The van der Waals surface area contributed by atoms with Crippen LogP contribution in [0.15, 0.2) is 30.3 Å². The molecule has 0 saturated carbocycles. The van der Waals surface area contributed by atoms with Crippen LogP contribution in [-0.2, 0) is 0 Å². The predicted molar refractivity (Wildman–Crippen MR) is 80.2 cm³/mol. The molecule has 0 amide bonds. The van der Waals surface area contributed by atoms with Crippen LogP contribution in [0.25, 0.3) is 0 Å². The molecule has 1 N–H and O–H groups in total. The Morgan fingerprint density at radius 1 is 1.06 bits per heavy atom. The molecule has 1 rings (SSSR count). The fourth-order valence-electron chi connectivity index (χ4n) is 2.36. The largest absolute Gasteiger partial charge is 0.310 e. The molecule has 0 aromatic heterocycles. The van der Waals surface area contributed by atoms with Gasteiger partial charge in [-0.25, -0.2) is 0 Å². The van der Waals surface area contributed by atoms with E-state index in [1.165, 1.54) is 11.6 Å². The zero-order valence-corrected chi connectivity index (χ0v) is 13.0. The molecule has 96 valence electrons. The van der Waals surface area contributed by atoms with Crippen molar-refractivity contribution in [1.82, 2.24) is 5.32 Å². The minimum Gasteiger partial charge on any atom is -0.310 e. The van der Waals surface area contributed by atoms with Gasteiger partial charge in [0.1, 0.15) is 0 Å². The van der Waals surface area contributed by atoms with E-state index in [2.05, 4.69) is 69.1 Å². The Labute approximate surface area is 108 Å². The number of nitrogens with one attached hydrogen (secondary N) is 1. The van der Waals surface area contributed by atoms with Gasteiger partial charge in [-0.1, -0.05) is 62.9 Å². The van der Waals surface area contributed by atoms with Crippen LogP contribution in [0.4, 0.5) is 0 Å². The molecule has 0 heterocycles. The van der Waals surface area contributed by atoms with Crippen molar-refractivity contribution >= 4 is 8.07 Å². The topological polar surface area (TPSA) is 12.0 Å². The van der Waals surface area contributed by atoms with Crippen molar-refractivity contribution in [3.63, 3.8) is 0 Å². The van der Waals surface area contributed by atoms with E-state index in [4.69, 9.17) is 0 Å². The third-order valence-electron chi connectivity index (χ3n) is 3.03. The maximum Gasteiger partial charge on any atom is 0.0445 e. The highest BCUT2D eigenvalue weighted by molar-refractivity contribution is 6.76. The Morgan fingerprint density at radius 3 is 2.18 bits per heavy atom.